The highest BCUT2D eigenvalue weighted by molar-refractivity contribution is 7.81. The van der Waals surface area contributed by atoms with Gasteiger partial charge in [0.15, 0.2) is 5.78 Å². The first kappa shape index (κ1) is 17.6. The molecule has 0 saturated carbocycles. The van der Waals surface area contributed by atoms with E-state index < -0.39 is 11.2 Å². The number of imide groups is 1. The Labute approximate surface area is 130 Å². The number of carbonyl (C=O) groups is 4. The van der Waals surface area contributed by atoms with Crippen LogP contribution in [0.25, 0.3) is 0 Å². The Morgan fingerprint density at radius 3 is 2.62 bits per heavy atom. The van der Waals surface area contributed by atoms with E-state index in [1.54, 1.807) is 13.8 Å². The second-order valence-corrected chi connectivity index (χ2v) is 5.69. The smallest absolute Gasteiger partial charge is 0.246 e. The van der Waals surface area contributed by atoms with Gasteiger partial charge in [-0.15, -0.1) is 0 Å². The average molecular weight is 318 g/mol. The molecule has 1 rings (SSSR count). The van der Waals surface area contributed by atoms with Crippen LogP contribution < -0.4 is 5.32 Å². The van der Waals surface area contributed by atoms with Gasteiger partial charge in [-0.1, -0.05) is 13.8 Å². The molecule has 1 saturated heterocycles. The van der Waals surface area contributed by atoms with Gasteiger partial charge in [0.25, 0.3) is 0 Å². The number of thiol groups is 1. The minimum absolute atomic E-state index is 0. The number of ketones is 1. The number of Topliss-reactive ketones (excluding diaryl/α,β-unsaturated/α-hetero) is 1. The summed E-state index contributed by atoms with van der Waals surface area (Å²) >= 11 is 4.00. The van der Waals surface area contributed by atoms with Gasteiger partial charge in [-0.2, -0.15) is 12.6 Å². The highest BCUT2D eigenvalue weighted by atomic mass is 32.1. The van der Waals surface area contributed by atoms with Gasteiger partial charge in [-0.25, -0.2) is 0 Å². The Morgan fingerprint density at radius 1 is 1.43 bits per heavy atom. The maximum Gasteiger partial charge on any atom is 0.246 e. The molecule has 1 unspecified atom stereocenters. The van der Waals surface area contributed by atoms with Crippen LogP contribution >= 0.6 is 12.6 Å². The van der Waals surface area contributed by atoms with Crippen LogP contribution in [0.1, 0.15) is 21.7 Å². The highest BCUT2D eigenvalue weighted by Gasteiger charge is 2.35. The molecular formula is C13H22N2O5S. The van der Waals surface area contributed by atoms with E-state index in [9.17, 15) is 19.2 Å². The van der Waals surface area contributed by atoms with Crippen LogP contribution in [-0.4, -0.2) is 60.0 Å². The number of likely N-dealkylation sites (tertiary alicyclic amines) is 1. The first-order valence-electron chi connectivity index (χ1n) is 6.72. The largest absolute Gasteiger partial charge is 0.364 e. The zero-order chi connectivity index (χ0) is 16.0. The van der Waals surface area contributed by atoms with Crippen molar-refractivity contribution in [2.45, 2.75) is 25.5 Å². The molecule has 0 aromatic carbocycles. The first-order chi connectivity index (χ1) is 9.82. The minimum atomic E-state index is -0.585. The standard InChI is InChI=1S/C13H20N2O5S.H2/c1-8(2)9(16)6-20-7-11(17)14-3-4-15-12(18)5-10(21)13(15)19;/h8,10,21H,3-7H2,1-2H3,(H,14,17);1H. The monoisotopic (exact) mass is 318 g/mol. The quantitative estimate of drug-likeness (QED) is 0.471. The molecule has 8 heteroatoms. The predicted molar refractivity (Wildman–Crippen MR) is 79.9 cm³/mol. The van der Waals surface area contributed by atoms with Crippen molar-refractivity contribution in [2.24, 2.45) is 5.92 Å². The molecule has 0 aromatic rings. The van der Waals surface area contributed by atoms with Crippen molar-refractivity contribution in [3.05, 3.63) is 0 Å². The lowest BCUT2D eigenvalue weighted by molar-refractivity contribution is -0.139. The van der Waals surface area contributed by atoms with E-state index in [1.807, 2.05) is 0 Å². The normalized spacial score (nSPS) is 18.5. The summed E-state index contributed by atoms with van der Waals surface area (Å²) in [4.78, 5) is 46.8. The number of amides is 3. The Kier molecular flexibility index (Phi) is 6.83. The van der Waals surface area contributed by atoms with Crippen molar-refractivity contribution in [3.8, 4) is 0 Å². The molecule has 1 atom stereocenters. The van der Waals surface area contributed by atoms with Gasteiger partial charge in [0, 0.05) is 26.9 Å². The van der Waals surface area contributed by atoms with Gasteiger partial charge >= 0.3 is 0 Å². The molecule has 0 bridgehead atoms. The number of hydrogen-bond donors (Lipinski definition) is 2. The van der Waals surface area contributed by atoms with E-state index in [0.717, 1.165) is 4.90 Å². The number of ether oxygens (including phenoxy) is 1. The number of rotatable bonds is 8. The maximum absolute atomic E-state index is 11.6. The van der Waals surface area contributed by atoms with Gasteiger partial charge < -0.3 is 10.1 Å². The summed E-state index contributed by atoms with van der Waals surface area (Å²) in [6, 6.07) is 0. The van der Waals surface area contributed by atoms with Crippen molar-refractivity contribution in [1.29, 1.82) is 0 Å². The molecule has 0 spiro atoms. The van der Waals surface area contributed by atoms with Crippen LogP contribution in [0.4, 0.5) is 0 Å². The highest BCUT2D eigenvalue weighted by Crippen LogP contribution is 2.16. The Bertz CT molecular complexity index is 444. The fraction of sp³-hybridized carbons (Fsp3) is 0.692. The molecule has 0 aliphatic carbocycles. The number of hydrogen-bond acceptors (Lipinski definition) is 6. The molecule has 120 valence electrons. The SMILES string of the molecule is CC(C)C(=O)COCC(=O)NCCN1C(=O)CC(S)C1=O.[HH]. The molecule has 21 heavy (non-hydrogen) atoms. The van der Waals surface area contributed by atoms with Gasteiger partial charge in [0.05, 0.1) is 5.25 Å². The second-order valence-electron chi connectivity index (χ2n) is 5.07. The number of nitrogens with zero attached hydrogens (tertiary/aromatic N) is 1. The molecule has 0 radical (unpaired) electrons. The van der Waals surface area contributed by atoms with Crippen LogP contribution in [0, 0.1) is 5.92 Å². The molecule has 0 aromatic heterocycles. The average Bonchev–Trinajstić information content (AvgIpc) is 2.64. The van der Waals surface area contributed by atoms with Crippen molar-refractivity contribution < 1.29 is 25.3 Å². The van der Waals surface area contributed by atoms with Crippen LogP contribution in [0.5, 0.6) is 0 Å². The first-order valence-corrected chi connectivity index (χ1v) is 7.24. The fourth-order valence-electron chi connectivity index (χ4n) is 1.67. The van der Waals surface area contributed by atoms with Gasteiger partial charge in [0.2, 0.25) is 17.7 Å². The summed E-state index contributed by atoms with van der Waals surface area (Å²) in [6.45, 7) is 3.45. The zero-order valence-corrected chi connectivity index (χ0v) is 13.0. The van der Waals surface area contributed by atoms with Crippen LogP contribution in [0.3, 0.4) is 0 Å². The summed E-state index contributed by atoms with van der Waals surface area (Å²) in [7, 11) is 0. The summed E-state index contributed by atoms with van der Waals surface area (Å²) < 4.78 is 4.98. The molecule has 3 amide bonds. The summed E-state index contributed by atoms with van der Waals surface area (Å²) in [6.07, 6.45) is 0.0936. The van der Waals surface area contributed by atoms with E-state index in [4.69, 9.17) is 4.74 Å². The van der Waals surface area contributed by atoms with E-state index >= 15 is 0 Å². The van der Waals surface area contributed by atoms with Crippen LogP contribution in [0.2, 0.25) is 0 Å². The topological polar surface area (TPSA) is 92.8 Å². The summed E-state index contributed by atoms with van der Waals surface area (Å²) in [5.41, 5.74) is 0. The van der Waals surface area contributed by atoms with Crippen LogP contribution in [0.15, 0.2) is 0 Å². The zero-order valence-electron chi connectivity index (χ0n) is 12.1. The molecular weight excluding hydrogens is 296 g/mol. The Morgan fingerprint density at radius 2 is 2.10 bits per heavy atom. The molecule has 1 heterocycles. The summed E-state index contributed by atoms with van der Waals surface area (Å²) in [5, 5.41) is 1.94. The van der Waals surface area contributed by atoms with E-state index in [1.165, 1.54) is 0 Å². The molecule has 1 fully saturated rings. The van der Waals surface area contributed by atoms with Crippen molar-refractivity contribution in [2.75, 3.05) is 26.3 Å². The molecule has 1 aliphatic heterocycles. The molecule has 1 aliphatic rings. The van der Waals surface area contributed by atoms with E-state index in [0.29, 0.717) is 0 Å². The Balaban J connectivity index is 0.00000441. The lowest BCUT2D eigenvalue weighted by Gasteiger charge is -2.14. The predicted octanol–water partition coefficient (Wildman–Crippen LogP) is -0.352. The van der Waals surface area contributed by atoms with E-state index in [-0.39, 0.29) is 57.7 Å². The van der Waals surface area contributed by atoms with Gasteiger partial charge in [-0.05, 0) is 0 Å². The maximum atomic E-state index is 11.6. The third-order valence-corrected chi connectivity index (χ3v) is 3.40. The third kappa shape index (κ3) is 5.47. The molecule has 7 nitrogen and oxygen atoms in total. The number of carbonyl (C=O) groups excluding carboxylic acids is 4. The van der Waals surface area contributed by atoms with Gasteiger partial charge in [0.1, 0.15) is 13.2 Å². The fourth-order valence-corrected chi connectivity index (χ4v) is 1.97. The Hall–Kier alpha value is -1.41. The van der Waals surface area contributed by atoms with Crippen molar-refractivity contribution in [3.63, 3.8) is 0 Å². The lowest BCUT2D eigenvalue weighted by Crippen LogP contribution is -2.39. The summed E-state index contributed by atoms with van der Waals surface area (Å²) in [5.74, 6) is -1.22. The van der Waals surface area contributed by atoms with Crippen molar-refractivity contribution >= 4 is 36.1 Å². The third-order valence-electron chi connectivity index (χ3n) is 3.00. The molecule has 1 N–H and O–H groups in total. The van der Waals surface area contributed by atoms with E-state index in [2.05, 4.69) is 17.9 Å². The number of nitrogens with one attached hydrogen (secondary N) is 1. The lowest BCUT2D eigenvalue weighted by atomic mass is 10.1. The van der Waals surface area contributed by atoms with Crippen molar-refractivity contribution in [1.82, 2.24) is 10.2 Å². The van der Waals surface area contributed by atoms with Gasteiger partial charge in [-0.3, -0.25) is 24.1 Å². The minimum Gasteiger partial charge on any atom is -0.364 e. The van der Waals surface area contributed by atoms with Crippen LogP contribution in [-0.2, 0) is 23.9 Å². The second kappa shape index (κ2) is 8.14.